The maximum Gasteiger partial charge on any atom is 0.472 e. The number of hydrogen-bond acceptors (Lipinski definition) is 11. The molecule has 0 aromatic heterocycles. The topological polar surface area (TPSA) is 195 Å². The normalized spacial score (nSPS) is 20.4. The van der Waals surface area contributed by atoms with Crippen molar-refractivity contribution in [1.82, 2.24) is 0 Å². The molecule has 1 aliphatic carbocycles. The van der Waals surface area contributed by atoms with E-state index in [4.69, 9.17) is 24.3 Å². The third kappa shape index (κ3) is 30.8. The summed E-state index contributed by atoms with van der Waals surface area (Å²) in [5.74, 6) is -1.45. The van der Waals surface area contributed by atoms with Crippen LogP contribution in [0.4, 0.5) is 0 Å². The van der Waals surface area contributed by atoms with Gasteiger partial charge in [-0.1, -0.05) is 140 Å². The molecule has 0 saturated heterocycles. The second-order valence-electron chi connectivity index (χ2n) is 16.2. The first-order valence-electron chi connectivity index (χ1n) is 23.4. The summed E-state index contributed by atoms with van der Waals surface area (Å²) in [5, 5.41) is 31.3. The molecule has 0 bridgehead atoms. The summed E-state index contributed by atoms with van der Waals surface area (Å²) in [7, 11) is -4.45. The molecule has 1 aliphatic rings. The fraction of sp³-hybridized carbons (Fsp3) is 0.787. The van der Waals surface area contributed by atoms with Crippen LogP contribution in [-0.4, -0.2) is 82.9 Å². The van der Waals surface area contributed by atoms with Crippen LogP contribution < -0.4 is 5.73 Å². The molecule has 0 radical (unpaired) electrons. The predicted molar refractivity (Wildman–Crippen MR) is 240 cm³/mol. The van der Waals surface area contributed by atoms with Crippen LogP contribution in [0.15, 0.2) is 48.6 Å². The van der Waals surface area contributed by atoms with Gasteiger partial charge in [-0.3, -0.25) is 18.6 Å². The monoisotopic (exact) mass is 870 g/mol. The molecule has 6 N–H and O–H groups in total. The molecule has 1 saturated carbocycles. The van der Waals surface area contributed by atoms with E-state index in [1.807, 2.05) is 18.2 Å². The number of hydrogen-bond donors (Lipinski definition) is 5. The Labute approximate surface area is 363 Å². The quantitative estimate of drug-likeness (QED) is 0.0170. The molecule has 0 aromatic rings. The van der Waals surface area contributed by atoms with Crippen molar-refractivity contribution < 1.29 is 52.9 Å². The number of aliphatic hydroxyl groups excluding tert-OH is 3. The predicted octanol–water partition coefficient (Wildman–Crippen LogP) is 9.88. The Kier molecular flexibility index (Phi) is 34.8. The number of unbranched alkanes of at least 4 members (excludes halogenated alkanes) is 15. The zero-order valence-corrected chi connectivity index (χ0v) is 38.2. The fourth-order valence-electron chi connectivity index (χ4n) is 7.19. The first-order chi connectivity index (χ1) is 29.0. The number of carbonyl (C=O) groups is 2. The van der Waals surface area contributed by atoms with Gasteiger partial charge >= 0.3 is 19.8 Å². The van der Waals surface area contributed by atoms with Crippen LogP contribution in [0, 0.1) is 11.8 Å². The molecule has 348 valence electrons. The first kappa shape index (κ1) is 55.9. The minimum absolute atomic E-state index is 0.0124. The van der Waals surface area contributed by atoms with Crippen molar-refractivity contribution in [2.45, 2.75) is 199 Å². The summed E-state index contributed by atoms with van der Waals surface area (Å²) in [6.45, 7) is 3.32. The Balaban J connectivity index is 2.36. The van der Waals surface area contributed by atoms with Crippen LogP contribution in [0.2, 0.25) is 0 Å². The standard InChI is InChI=1S/C47H84NO11P/c1-3-5-7-8-9-10-11-12-13-14-15-16-17-18-19-20-21-22-27-31-46(52)56-38-41(39-58-60(54,55)57-36-35-48)59-47(53)32-28-24-23-26-30-42-43(45(51)37-44(42)50)34-33-40(49)29-25-6-4-2/h9-10,12-13,23,26,33-34,40-45,49-51H,3-8,11,14-22,24-25,27-32,35-39,48H2,1-2H3,(H,54,55)/b10-9-,13-12-,26-23+,34-33+/t40-,41+,42+,43+,44-,45+/m0/s1. The summed E-state index contributed by atoms with van der Waals surface area (Å²) in [6, 6.07) is 0. The molecule has 1 rings (SSSR count). The number of rotatable bonds is 39. The average Bonchev–Trinajstić information content (AvgIpc) is 3.49. The minimum Gasteiger partial charge on any atom is -0.462 e. The van der Waals surface area contributed by atoms with E-state index in [-0.39, 0.29) is 50.9 Å². The molecule has 1 fully saturated rings. The van der Waals surface area contributed by atoms with Crippen molar-refractivity contribution in [2.75, 3.05) is 26.4 Å². The molecule has 1 unspecified atom stereocenters. The number of phosphoric ester groups is 1. The van der Waals surface area contributed by atoms with Crippen LogP contribution in [0.25, 0.3) is 0 Å². The number of esters is 2. The number of nitrogens with two attached hydrogens (primary N) is 1. The molecule has 60 heavy (non-hydrogen) atoms. The number of aliphatic hydroxyl groups is 3. The molecule has 7 atom stereocenters. The summed E-state index contributed by atoms with van der Waals surface area (Å²) in [4.78, 5) is 35.1. The van der Waals surface area contributed by atoms with E-state index < -0.39 is 50.8 Å². The van der Waals surface area contributed by atoms with E-state index in [1.165, 1.54) is 57.8 Å². The molecular formula is C47H84NO11P. The van der Waals surface area contributed by atoms with Gasteiger partial charge in [-0.15, -0.1) is 0 Å². The van der Waals surface area contributed by atoms with Crippen LogP contribution >= 0.6 is 7.82 Å². The number of allylic oxidation sites excluding steroid dienone is 6. The van der Waals surface area contributed by atoms with Crippen LogP contribution in [0.3, 0.4) is 0 Å². The fourth-order valence-corrected chi connectivity index (χ4v) is 7.95. The van der Waals surface area contributed by atoms with E-state index in [0.717, 1.165) is 51.4 Å². The summed E-state index contributed by atoms with van der Waals surface area (Å²) in [5.41, 5.74) is 5.35. The third-order valence-corrected chi connectivity index (χ3v) is 11.7. The highest BCUT2D eigenvalue weighted by Gasteiger charge is 2.39. The van der Waals surface area contributed by atoms with Gasteiger partial charge in [0.15, 0.2) is 6.10 Å². The van der Waals surface area contributed by atoms with Gasteiger partial charge in [0.2, 0.25) is 0 Å². The lowest BCUT2D eigenvalue weighted by Crippen LogP contribution is -2.29. The van der Waals surface area contributed by atoms with E-state index >= 15 is 0 Å². The second-order valence-corrected chi connectivity index (χ2v) is 17.7. The van der Waals surface area contributed by atoms with Crippen molar-refractivity contribution in [2.24, 2.45) is 17.6 Å². The number of phosphoric acid groups is 1. The van der Waals surface area contributed by atoms with E-state index in [0.29, 0.717) is 32.1 Å². The Morgan fingerprint density at radius 1 is 0.717 bits per heavy atom. The SMILES string of the molecule is CCCCC/C=C\C/C=C\CCCCCCCCCCCC(=O)OC[C@H](COP(=O)(O)OCCN)OC(=O)CCC/C=C/C[C@@H]1[C@@H](/C=C/[C@@H](O)CCCCC)[C@H](O)C[C@@H]1O. The summed E-state index contributed by atoms with van der Waals surface area (Å²) >= 11 is 0. The zero-order valence-electron chi connectivity index (χ0n) is 37.3. The van der Waals surface area contributed by atoms with Crippen LogP contribution in [-0.2, 0) is 32.7 Å². The smallest absolute Gasteiger partial charge is 0.462 e. The Hall–Kier alpha value is -2.15. The molecule has 12 nitrogen and oxygen atoms in total. The summed E-state index contributed by atoms with van der Waals surface area (Å²) in [6.07, 6.45) is 36.6. The van der Waals surface area contributed by atoms with E-state index in [2.05, 4.69) is 38.2 Å². The van der Waals surface area contributed by atoms with Crippen molar-refractivity contribution in [3.05, 3.63) is 48.6 Å². The molecule has 0 amide bonds. The lowest BCUT2D eigenvalue weighted by atomic mass is 9.89. The molecule has 0 spiro atoms. The van der Waals surface area contributed by atoms with Gasteiger partial charge in [-0.05, 0) is 70.1 Å². The van der Waals surface area contributed by atoms with Crippen molar-refractivity contribution in [3.8, 4) is 0 Å². The van der Waals surface area contributed by atoms with Crippen molar-refractivity contribution >= 4 is 19.8 Å². The Morgan fingerprint density at radius 3 is 1.97 bits per heavy atom. The van der Waals surface area contributed by atoms with Gasteiger partial charge in [-0.25, -0.2) is 4.57 Å². The molecule has 13 heteroatoms. The van der Waals surface area contributed by atoms with Gasteiger partial charge in [0.1, 0.15) is 6.61 Å². The van der Waals surface area contributed by atoms with Crippen molar-refractivity contribution in [1.29, 1.82) is 0 Å². The maximum atomic E-state index is 12.7. The maximum absolute atomic E-state index is 12.7. The number of carbonyl (C=O) groups excluding carboxylic acids is 2. The van der Waals surface area contributed by atoms with Crippen molar-refractivity contribution in [3.63, 3.8) is 0 Å². The lowest BCUT2D eigenvalue weighted by molar-refractivity contribution is -0.161. The zero-order chi connectivity index (χ0) is 44.1. The van der Waals surface area contributed by atoms with Crippen LogP contribution in [0.1, 0.15) is 174 Å². The van der Waals surface area contributed by atoms with Gasteiger partial charge in [0.25, 0.3) is 0 Å². The highest BCUT2D eigenvalue weighted by Crippen LogP contribution is 2.43. The highest BCUT2D eigenvalue weighted by atomic mass is 31.2. The number of ether oxygens (including phenoxy) is 2. The van der Waals surface area contributed by atoms with Gasteiger partial charge in [0, 0.05) is 31.7 Å². The Morgan fingerprint density at radius 2 is 1.30 bits per heavy atom. The first-order valence-corrected chi connectivity index (χ1v) is 24.9. The lowest BCUT2D eigenvalue weighted by Gasteiger charge is -2.20. The van der Waals surface area contributed by atoms with Gasteiger partial charge in [-0.2, -0.15) is 0 Å². The second kappa shape index (κ2) is 37.4. The van der Waals surface area contributed by atoms with Gasteiger partial charge in [0.05, 0.1) is 31.5 Å². The Bertz CT molecular complexity index is 1240. The van der Waals surface area contributed by atoms with Crippen LogP contribution in [0.5, 0.6) is 0 Å². The summed E-state index contributed by atoms with van der Waals surface area (Å²) < 4.78 is 32.8. The minimum atomic E-state index is -4.45. The molecule has 0 aromatic carbocycles. The van der Waals surface area contributed by atoms with Gasteiger partial charge < -0.3 is 35.4 Å². The molecule has 0 aliphatic heterocycles. The molecular weight excluding hydrogens is 785 g/mol. The highest BCUT2D eigenvalue weighted by molar-refractivity contribution is 7.47. The van der Waals surface area contributed by atoms with E-state index in [1.54, 1.807) is 6.08 Å². The van der Waals surface area contributed by atoms with E-state index in [9.17, 15) is 34.4 Å². The third-order valence-electron chi connectivity index (χ3n) is 10.8. The average molecular weight is 870 g/mol. The largest absolute Gasteiger partial charge is 0.472 e. The molecule has 0 heterocycles.